The van der Waals surface area contributed by atoms with Gasteiger partial charge in [-0.1, -0.05) is 54.1 Å². The van der Waals surface area contributed by atoms with Gasteiger partial charge in [0.25, 0.3) is 0 Å². The Morgan fingerprint density at radius 2 is 1.79 bits per heavy atom. The van der Waals surface area contributed by atoms with E-state index in [1.54, 1.807) is 25.9 Å². The molecule has 39 heavy (non-hydrogen) atoms. The van der Waals surface area contributed by atoms with Crippen molar-refractivity contribution in [2.75, 3.05) is 20.8 Å². The zero-order chi connectivity index (χ0) is 27.4. The van der Waals surface area contributed by atoms with Crippen molar-refractivity contribution in [1.82, 2.24) is 20.2 Å². The van der Waals surface area contributed by atoms with Gasteiger partial charge < -0.3 is 14.2 Å². The predicted octanol–water partition coefficient (Wildman–Crippen LogP) is 5.83. The van der Waals surface area contributed by atoms with Crippen LogP contribution in [0.3, 0.4) is 0 Å². The molecule has 4 aromatic rings. The summed E-state index contributed by atoms with van der Waals surface area (Å²) in [4.78, 5) is 13.4. The molecular formula is C30H31ClN4O4. The molecule has 5 rings (SSSR count). The van der Waals surface area contributed by atoms with Gasteiger partial charge in [0.15, 0.2) is 17.3 Å². The molecule has 0 unspecified atom stereocenters. The molecule has 3 aromatic carbocycles. The van der Waals surface area contributed by atoms with Gasteiger partial charge in [0.1, 0.15) is 6.42 Å². The highest BCUT2D eigenvalue weighted by Gasteiger charge is 2.32. The second kappa shape index (κ2) is 11.9. The van der Waals surface area contributed by atoms with Crippen LogP contribution in [-0.2, 0) is 22.5 Å². The smallest absolute Gasteiger partial charge is 0.313 e. The maximum atomic E-state index is 11.8. The second-order valence-electron chi connectivity index (χ2n) is 9.46. The normalized spacial score (nSPS) is 16.1. The molecule has 0 amide bonds. The van der Waals surface area contributed by atoms with Gasteiger partial charge in [0, 0.05) is 16.5 Å². The first-order valence-corrected chi connectivity index (χ1v) is 13.4. The van der Waals surface area contributed by atoms with Crippen molar-refractivity contribution < 1.29 is 19.0 Å². The number of esters is 1. The maximum absolute atomic E-state index is 11.8. The van der Waals surface area contributed by atoms with Crippen molar-refractivity contribution in [3.8, 4) is 22.6 Å². The standard InChI is InChI=1S/C30H31ClN4O4/c1-4-39-29(36)18-28-32-34-35(33-28)15-14-19-16-25(24-10-7-11-27(37-2)30(24)38-3)26-17-20(31)12-13-23(26)22-9-6-5-8-21(19)22/h5-13,17,19,25H,4,14-16,18H2,1-3H3/t19-,25+/m0/s1. The lowest BCUT2D eigenvalue weighted by atomic mass is 9.81. The fourth-order valence-electron chi connectivity index (χ4n) is 5.51. The molecule has 0 saturated carbocycles. The number of hydrogen-bond donors (Lipinski definition) is 0. The number of fused-ring (bicyclic) bond motifs is 3. The Hall–Kier alpha value is -3.91. The Morgan fingerprint density at radius 3 is 2.59 bits per heavy atom. The van der Waals surface area contributed by atoms with Crippen molar-refractivity contribution in [1.29, 1.82) is 0 Å². The summed E-state index contributed by atoms with van der Waals surface area (Å²) in [6, 6.07) is 20.7. The Morgan fingerprint density at radius 1 is 1.00 bits per heavy atom. The van der Waals surface area contributed by atoms with Crippen LogP contribution in [-0.4, -0.2) is 47.0 Å². The van der Waals surface area contributed by atoms with E-state index in [1.165, 1.54) is 11.1 Å². The lowest BCUT2D eigenvalue weighted by Crippen LogP contribution is -2.12. The zero-order valence-electron chi connectivity index (χ0n) is 22.3. The molecule has 1 heterocycles. The number of methoxy groups -OCH3 is 2. The SMILES string of the molecule is CCOC(=O)Cc1nnn(CC[C@H]2C[C@H](c3cccc(OC)c3OC)c3cc(Cl)ccc3-c3ccccc32)n1. The number of benzene rings is 3. The highest BCUT2D eigenvalue weighted by atomic mass is 35.5. The largest absolute Gasteiger partial charge is 0.493 e. The first kappa shape index (κ1) is 26.7. The van der Waals surface area contributed by atoms with Gasteiger partial charge in [-0.3, -0.25) is 4.79 Å². The minimum Gasteiger partial charge on any atom is -0.493 e. The zero-order valence-corrected chi connectivity index (χ0v) is 23.0. The third-order valence-electron chi connectivity index (χ3n) is 7.19. The molecule has 1 aromatic heterocycles. The van der Waals surface area contributed by atoms with Crippen LogP contribution in [0, 0.1) is 0 Å². The van der Waals surface area contributed by atoms with Crippen molar-refractivity contribution in [3.63, 3.8) is 0 Å². The molecule has 0 radical (unpaired) electrons. The second-order valence-corrected chi connectivity index (χ2v) is 9.90. The number of nitrogens with zero attached hydrogens (tertiary/aromatic N) is 4. The summed E-state index contributed by atoms with van der Waals surface area (Å²) >= 11 is 6.56. The number of ether oxygens (including phenoxy) is 3. The fourth-order valence-corrected chi connectivity index (χ4v) is 5.69. The lowest BCUT2D eigenvalue weighted by Gasteiger charge is -2.25. The molecule has 202 valence electrons. The number of carbonyl (C=O) groups excluding carboxylic acids is 1. The third-order valence-corrected chi connectivity index (χ3v) is 7.42. The van der Waals surface area contributed by atoms with Crippen LogP contribution in [0.25, 0.3) is 11.1 Å². The van der Waals surface area contributed by atoms with E-state index in [0.29, 0.717) is 29.7 Å². The van der Waals surface area contributed by atoms with E-state index in [1.807, 2.05) is 18.2 Å². The number of carbonyl (C=O) groups is 1. The lowest BCUT2D eigenvalue weighted by molar-refractivity contribution is -0.142. The molecule has 2 atom stereocenters. The minimum absolute atomic E-state index is 0.00392. The number of tetrazole rings is 1. The number of rotatable bonds is 9. The molecule has 0 N–H and O–H groups in total. The van der Waals surface area contributed by atoms with E-state index < -0.39 is 0 Å². The van der Waals surface area contributed by atoms with Gasteiger partial charge in [-0.25, -0.2) is 0 Å². The van der Waals surface area contributed by atoms with Crippen LogP contribution in [0.2, 0.25) is 5.02 Å². The Bertz CT molecular complexity index is 1470. The number of para-hydroxylation sites is 1. The molecule has 9 heteroatoms. The summed E-state index contributed by atoms with van der Waals surface area (Å²) in [7, 11) is 3.33. The van der Waals surface area contributed by atoms with E-state index >= 15 is 0 Å². The van der Waals surface area contributed by atoms with E-state index in [-0.39, 0.29) is 24.2 Å². The quantitative estimate of drug-likeness (QED) is 0.244. The van der Waals surface area contributed by atoms with Crippen LogP contribution in [0.15, 0.2) is 60.7 Å². The summed E-state index contributed by atoms with van der Waals surface area (Å²) in [5, 5.41) is 13.3. The maximum Gasteiger partial charge on any atom is 0.313 e. The molecule has 0 spiro atoms. The first-order valence-electron chi connectivity index (χ1n) is 13.0. The number of aryl methyl sites for hydroxylation is 1. The molecule has 0 aliphatic heterocycles. The molecule has 1 aliphatic carbocycles. The number of aromatic nitrogens is 4. The molecule has 1 aliphatic rings. The van der Waals surface area contributed by atoms with Crippen LogP contribution in [0.5, 0.6) is 11.5 Å². The van der Waals surface area contributed by atoms with E-state index in [4.69, 9.17) is 25.8 Å². The highest BCUT2D eigenvalue weighted by Crippen LogP contribution is 2.50. The minimum atomic E-state index is -0.360. The van der Waals surface area contributed by atoms with E-state index in [9.17, 15) is 4.79 Å². The average Bonchev–Trinajstić information content (AvgIpc) is 3.34. The number of hydrogen-bond acceptors (Lipinski definition) is 7. The summed E-state index contributed by atoms with van der Waals surface area (Å²) in [5.41, 5.74) is 5.81. The van der Waals surface area contributed by atoms with Crippen molar-refractivity contribution in [2.45, 2.75) is 44.6 Å². The first-order chi connectivity index (χ1) is 19.0. The van der Waals surface area contributed by atoms with Crippen molar-refractivity contribution in [3.05, 3.63) is 88.2 Å². The molecular weight excluding hydrogens is 516 g/mol. The Balaban J connectivity index is 1.52. The van der Waals surface area contributed by atoms with E-state index in [2.05, 4.69) is 57.9 Å². The topological polar surface area (TPSA) is 88.4 Å². The van der Waals surface area contributed by atoms with Crippen molar-refractivity contribution in [2.24, 2.45) is 0 Å². The van der Waals surface area contributed by atoms with Gasteiger partial charge in [-0.05, 0) is 71.3 Å². The van der Waals surface area contributed by atoms with Crippen LogP contribution in [0.4, 0.5) is 0 Å². The monoisotopic (exact) mass is 546 g/mol. The molecule has 0 fully saturated rings. The van der Waals surface area contributed by atoms with Gasteiger partial charge in [0.05, 0.1) is 27.4 Å². The highest BCUT2D eigenvalue weighted by molar-refractivity contribution is 6.30. The number of halogens is 1. The fraction of sp³-hybridized carbons (Fsp3) is 0.333. The third kappa shape index (κ3) is 5.61. The van der Waals surface area contributed by atoms with Crippen LogP contribution < -0.4 is 9.47 Å². The predicted molar refractivity (Wildman–Crippen MR) is 148 cm³/mol. The van der Waals surface area contributed by atoms with Crippen molar-refractivity contribution >= 4 is 17.6 Å². The average molecular weight is 547 g/mol. The summed E-state index contributed by atoms with van der Waals surface area (Å²) in [6.45, 7) is 2.64. The summed E-state index contributed by atoms with van der Waals surface area (Å²) in [5.74, 6) is 1.59. The van der Waals surface area contributed by atoms with Crippen LogP contribution >= 0.6 is 11.6 Å². The summed E-state index contributed by atoms with van der Waals surface area (Å²) in [6.07, 6.45) is 1.60. The molecule has 0 bridgehead atoms. The molecule has 8 nitrogen and oxygen atoms in total. The molecule has 0 saturated heterocycles. The van der Waals surface area contributed by atoms with Gasteiger partial charge in [0.2, 0.25) is 0 Å². The summed E-state index contributed by atoms with van der Waals surface area (Å²) < 4.78 is 16.5. The van der Waals surface area contributed by atoms with Gasteiger partial charge in [-0.2, -0.15) is 4.80 Å². The Labute approximate surface area is 232 Å². The van der Waals surface area contributed by atoms with E-state index in [0.717, 1.165) is 35.3 Å². The van der Waals surface area contributed by atoms with Crippen LogP contribution in [0.1, 0.15) is 54.1 Å². The van der Waals surface area contributed by atoms with Gasteiger partial charge >= 0.3 is 5.97 Å². The Kier molecular flexibility index (Phi) is 8.12. The van der Waals surface area contributed by atoms with Gasteiger partial charge in [-0.15, -0.1) is 10.2 Å².